The molecule has 27 heavy (non-hydrogen) atoms. The number of benzene rings is 3. The summed E-state index contributed by atoms with van der Waals surface area (Å²) in [6.45, 7) is 2.48. The van der Waals surface area contributed by atoms with Gasteiger partial charge in [0.15, 0.2) is 0 Å². The summed E-state index contributed by atoms with van der Waals surface area (Å²) in [6.07, 6.45) is -0.203. The van der Waals surface area contributed by atoms with E-state index in [0.717, 1.165) is 16.5 Å². The Morgan fingerprint density at radius 2 is 1.70 bits per heavy atom. The first-order valence-corrected chi connectivity index (χ1v) is 8.70. The molecule has 0 spiro atoms. The van der Waals surface area contributed by atoms with Gasteiger partial charge in [-0.1, -0.05) is 36.4 Å². The highest BCUT2D eigenvalue weighted by molar-refractivity contribution is 6.11. The van der Waals surface area contributed by atoms with Crippen LogP contribution in [0, 0.1) is 11.3 Å². The second kappa shape index (κ2) is 8.15. The minimum atomic E-state index is -0.373. The van der Waals surface area contributed by atoms with Crippen LogP contribution in [0.1, 0.15) is 23.7 Å². The Bertz CT molecular complexity index is 1010. The number of fused-ring (bicyclic) bond motifs is 1. The minimum absolute atomic E-state index is 0.108. The lowest BCUT2D eigenvalue weighted by atomic mass is 10.1. The molecule has 0 aliphatic heterocycles. The summed E-state index contributed by atoms with van der Waals surface area (Å²) < 4.78 is 0. The molecule has 0 saturated carbocycles. The molecule has 1 N–H and O–H groups in total. The van der Waals surface area contributed by atoms with Gasteiger partial charge in [0.2, 0.25) is 5.91 Å². The summed E-state index contributed by atoms with van der Waals surface area (Å²) in [6, 6.07) is 22.4. The average molecular weight is 357 g/mol. The number of hydrogen-bond acceptors (Lipinski definition) is 3. The van der Waals surface area contributed by atoms with Crippen LogP contribution in [0.5, 0.6) is 0 Å². The van der Waals surface area contributed by atoms with Crippen molar-refractivity contribution in [3.8, 4) is 6.07 Å². The van der Waals surface area contributed by atoms with E-state index in [0.29, 0.717) is 17.8 Å². The number of carbonyl (C=O) groups excluding carboxylic acids is 2. The fourth-order valence-corrected chi connectivity index (χ4v) is 3.00. The van der Waals surface area contributed by atoms with E-state index in [2.05, 4.69) is 5.32 Å². The largest absolute Gasteiger partial charge is 0.325 e. The maximum Gasteiger partial charge on any atom is 0.258 e. The van der Waals surface area contributed by atoms with Crippen molar-refractivity contribution in [3.63, 3.8) is 0 Å². The Morgan fingerprint density at radius 1 is 1.00 bits per heavy atom. The zero-order valence-electron chi connectivity index (χ0n) is 15.0. The zero-order valence-corrected chi connectivity index (χ0v) is 15.0. The van der Waals surface area contributed by atoms with Crippen LogP contribution in [0.25, 0.3) is 10.8 Å². The molecule has 0 aliphatic rings. The molecule has 0 atom stereocenters. The third kappa shape index (κ3) is 3.96. The molecule has 0 unspecified atom stereocenters. The predicted octanol–water partition coefficient (Wildman–Crippen LogP) is 4.36. The van der Waals surface area contributed by atoms with Crippen molar-refractivity contribution < 1.29 is 9.59 Å². The first-order valence-electron chi connectivity index (χ1n) is 8.70. The van der Waals surface area contributed by atoms with Gasteiger partial charge >= 0.3 is 0 Å². The van der Waals surface area contributed by atoms with Gasteiger partial charge in [-0.2, -0.15) is 5.26 Å². The van der Waals surface area contributed by atoms with Gasteiger partial charge in [-0.25, -0.2) is 0 Å². The molecular weight excluding hydrogens is 338 g/mol. The molecule has 3 aromatic rings. The van der Waals surface area contributed by atoms with Crippen LogP contribution in [-0.4, -0.2) is 18.4 Å². The van der Waals surface area contributed by atoms with E-state index in [1.54, 1.807) is 35.2 Å². The highest BCUT2D eigenvalue weighted by Crippen LogP contribution is 2.28. The number of rotatable bonds is 5. The second-order valence-corrected chi connectivity index (χ2v) is 6.01. The minimum Gasteiger partial charge on any atom is -0.325 e. The van der Waals surface area contributed by atoms with Gasteiger partial charge in [-0.15, -0.1) is 0 Å². The molecule has 5 heteroatoms. The van der Waals surface area contributed by atoms with E-state index >= 15 is 0 Å². The van der Waals surface area contributed by atoms with E-state index in [1.165, 1.54) is 0 Å². The number of anilines is 2. The van der Waals surface area contributed by atoms with E-state index in [4.69, 9.17) is 5.26 Å². The smallest absolute Gasteiger partial charge is 0.258 e. The van der Waals surface area contributed by atoms with Gasteiger partial charge in [-0.05, 0) is 42.6 Å². The molecule has 0 fully saturated rings. The molecule has 3 aromatic carbocycles. The van der Waals surface area contributed by atoms with Gasteiger partial charge in [0.05, 0.1) is 11.8 Å². The van der Waals surface area contributed by atoms with Gasteiger partial charge in [0.25, 0.3) is 5.91 Å². The zero-order chi connectivity index (χ0) is 19.2. The Labute approximate surface area is 157 Å². The number of nitrogens with zero attached hydrogens (tertiary/aromatic N) is 2. The summed E-state index contributed by atoms with van der Waals surface area (Å²) in [5, 5.41) is 13.3. The second-order valence-electron chi connectivity index (χ2n) is 6.01. The Kier molecular flexibility index (Phi) is 5.48. The summed E-state index contributed by atoms with van der Waals surface area (Å²) in [7, 11) is 0. The van der Waals surface area contributed by atoms with Crippen LogP contribution in [0.15, 0.2) is 66.7 Å². The monoisotopic (exact) mass is 357 g/mol. The van der Waals surface area contributed by atoms with Crippen molar-refractivity contribution in [1.29, 1.82) is 5.26 Å². The highest BCUT2D eigenvalue weighted by atomic mass is 16.2. The van der Waals surface area contributed by atoms with Crippen LogP contribution >= 0.6 is 0 Å². The number of amides is 2. The van der Waals surface area contributed by atoms with Crippen molar-refractivity contribution in [2.75, 3.05) is 16.8 Å². The normalized spacial score (nSPS) is 10.2. The van der Waals surface area contributed by atoms with E-state index in [-0.39, 0.29) is 18.2 Å². The van der Waals surface area contributed by atoms with Gasteiger partial charge < -0.3 is 10.2 Å². The lowest BCUT2D eigenvalue weighted by molar-refractivity contribution is -0.115. The molecule has 0 saturated heterocycles. The first-order chi connectivity index (χ1) is 13.1. The number of hydrogen-bond donors (Lipinski definition) is 1. The molecule has 0 aromatic heterocycles. The van der Waals surface area contributed by atoms with Gasteiger partial charge in [0, 0.05) is 23.2 Å². The molecular formula is C22H19N3O2. The Balaban J connectivity index is 1.87. The summed E-state index contributed by atoms with van der Waals surface area (Å²) >= 11 is 0. The van der Waals surface area contributed by atoms with E-state index in [9.17, 15) is 9.59 Å². The molecule has 134 valence electrons. The van der Waals surface area contributed by atoms with Crippen LogP contribution in [-0.2, 0) is 4.79 Å². The molecule has 5 nitrogen and oxygen atoms in total. The SMILES string of the molecule is CCN(C(=O)c1ccc(NC(=O)CC#N)cc1)c1cccc2ccccc12. The predicted molar refractivity (Wildman–Crippen MR) is 107 cm³/mol. The highest BCUT2D eigenvalue weighted by Gasteiger charge is 2.18. The topological polar surface area (TPSA) is 73.2 Å². The van der Waals surface area contributed by atoms with Crippen molar-refractivity contribution >= 4 is 34.0 Å². The summed E-state index contributed by atoms with van der Waals surface area (Å²) in [5.74, 6) is -0.480. The van der Waals surface area contributed by atoms with Crippen molar-refractivity contribution in [3.05, 3.63) is 72.3 Å². The standard InChI is InChI=1S/C22H19N3O2/c1-2-25(20-9-5-7-16-6-3-4-8-19(16)20)22(27)17-10-12-18(13-11-17)24-21(26)14-15-23/h3-13H,2,14H2,1H3,(H,24,26). The lowest BCUT2D eigenvalue weighted by Crippen LogP contribution is -2.30. The maximum absolute atomic E-state index is 13.1. The Morgan fingerprint density at radius 3 is 2.41 bits per heavy atom. The van der Waals surface area contributed by atoms with E-state index < -0.39 is 0 Å². The average Bonchev–Trinajstić information content (AvgIpc) is 2.69. The maximum atomic E-state index is 13.1. The number of nitrogens with one attached hydrogen (secondary N) is 1. The molecule has 0 bridgehead atoms. The quantitative estimate of drug-likeness (QED) is 0.737. The molecule has 0 heterocycles. The Hall–Kier alpha value is -3.65. The van der Waals surface area contributed by atoms with Gasteiger partial charge in [0.1, 0.15) is 6.42 Å². The molecule has 0 radical (unpaired) electrons. The van der Waals surface area contributed by atoms with Crippen molar-refractivity contribution in [2.45, 2.75) is 13.3 Å². The van der Waals surface area contributed by atoms with Crippen LogP contribution in [0.3, 0.4) is 0 Å². The lowest BCUT2D eigenvalue weighted by Gasteiger charge is -2.23. The summed E-state index contributed by atoms with van der Waals surface area (Å²) in [5.41, 5.74) is 1.95. The molecule has 3 rings (SSSR count). The molecule has 0 aliphatic carbocycles. The summed E-state index contributed by atoms with van der Waals surface area (Å²) in [4.78, 5) is 26.3. The van der Waals surface area contributed by atoms with Crippen LogP contribution in [0.4, 0.5) is 11.4 Å². The fourth-order valence-electron chi connectivity index (χ4n) is 3.00. The first kappa shape index (κ1) is 18.2. The van der Waals surface area contributed by atoms with Crippen molar-refractivity contribution in [2.24, 2.45) is 0 Å². The van der Waals surface area contributed by atoms with Crippen molar-refractivity contribution in [1.82, 2.24) is 0 Å². The number of nitriles is 1. The van der Waals surface area contributed by atoms with Crippen LogP contribution < -0.4 is 10.2 Å². The van der Waals surface area contributed by atoms with Gasteiger partial charge in [-0.3, -0.25) is 9.59 Å². The third-order valence-electron chi connectivity index (χ3n) is 4.27. The van der Waals surface area contributed by atoms with E-state index in [1.807, 2.05) is 49.4 Å². The fraction of sp³-hybridized carbons (Fsp3) is 0.136. The third-order valence-corrected chi connectivity index (χ3v) is 4.27. The number of carbonyl (C=O) groups is 2. The van der Waals surface area contributed by atoms with Crippen LogP contribution in [0.2, 0.25) is 0 Å². The molecule has 2 amide bonds.